The lowest BCUT2D eigenvalue weighted by molar-refractivity contribution is -0.135. The van der Waals surface area contributed by atoms with Crippen LogP contribution in [0.5, 0.6) is 0 Å². The smallest absolute Gasteiger partial charge is 0.244 e. The van der Waals surface area contributed by atoms with Gasteiger partial charge in [-0.05, 0) is 31.9 Å². The molecule has 0 aliphatic carbocycles. The van der Waals surface area contributed by atoms with Gasteiger partial charge in [0.1, 0.15) is 12.4 Å². The fourth-order valence-corrected chi connectivity index (χ4v) is 3.75. The van der Waals surface area contributed by atoms with Crippen LogP contribution in [-0.4, -0.2) is 44.6 Å². The van der Waals surface area contributed by atoms with Crippen molar-refractivity contribution < 1.29 is 9.59 Å². The molecule has 2 aromatic carbocycles. The lowest BCUT2D eigenvalue weighted by Gasteiger charge is -2.31. The van der Waals surface area contributed by atoms with Crippen LogP contribution in [0.1, 0.15) is 18.7 Å². The van der Waals surface area contributed by atoms with Gasteiger partial charge in [0.05, 0.1) is 0 Å². The zero-order valence-corrected chi connectivity index (χ0v) is 17.0. The summed E-state index contributed by atoms with van der Waals surface area (Å²) in [5.41, 5.74) is 1.73. The van der Waals surface area contributed by atoms with E-state index in [9.17, 15) is 9.59 Å². The Hall–Kier alpha value is -3.48. The van der Waals surface area contributed by atoms with E-state index in [0.29, 0.717) is 37.6 Å². The van der Waals surface area contributed by atoms with E-state index in [0.717, 1.165) is 11.3 Å². The third-order valence-electron chi connectivity index (χ3n) is 5.35. The summed E-state index contributed by atoms with van der Waals surface area (Å²) in [4.78, 5) is 31.7. The van der Waals surface area contributed by atoms with Crippen LogP contribution in [0.3, 0.4) is 0 Å². The van der Waals surface area contributed by atoms with Crippen LogP contribution in [0.15, 0.2) is 60.7 Å². The molecule has 1 saturated heterocycles. The monoisotopic (exact) mass is 403 g/mol. The molecular weight excluding hydrogens is 378 g/mol. The fraction of sp³-hybridized carbons (Fsp3) is 0.304. The van der Waals surface area contributed by atoms with Crippen molar-refractivity contribution in [3.05, 3.63) is 66.5 Å². The molecule has 0 unspecified atom stereocenters. The first-order valence-corrected chi connectivity index (χ1v) is 10.2. The third-order valence-corrected chi connectivity index (χ3v) is 5.35. The van der Waals surface area contributed by atoms with Gasteiger partial charge in [0.25, 0.3) is 0 Å². The summed E-state index contributed by atoms with van der Waals surface area (Å²) in [6.45, 7) is 3.11. The van der Waals surface area contributed by atoms with Crippen molar-refractivity contribution in [1.29, 1.82) is 0 Å². The second-order valence-electron chi connectivity index (χ2n) is 7.52. The Labute approximate surface area is 175 Å². The average Bonchev–Trinajstić information content (AvgIpc) is 3.15. The van der Waals surface area contributed by atoms with Gasteiger partial charge in [-0.2, -0.15) is 5.10 Å². The van der Waals surface area contributed by atoms with E-state index in [1.165, 1.54) is 0 Å². The fourth-order valence-electron chi connectivity index (χ4n) is 3.75. The van der Waals surface area contributed by atoms with Crippen molar-refractivity contribution in [3.8, 4) is 11.4 Å². The number of piperidine rings is 1. The predicted octanol–water partition coefficient (Wildman–Crippen LogP) is 3.13. The Balaban J connectivity index is 1.35. The highest BCUT2D eigenvalue weighted by molar-refractivity contribution is 5.92. The van der Waals surface area contributed by atoms with Gasteiger partial charge in [-0.15, -0.1) is 0 Å². The van der Waals surface area contributed by atoms with Crippen molar-refractivity contribution in [1.82, 2.24) is 19.7 Å². The number of carbonyl (C=O) groups is 2. The second-order valence-corrected chi connectivity index (χ2v) is 7.52. The highest BCUT2D eigenvalue weighted by Gasteiger charge is 2.28. The Bertz CT molecular complexity index is 1010. The zero-order chi connectivity index (χ0) is 20.9. The molecule has 7 nitrogen and oxygen atoms in total. The molecule has 30 heavy (non-hydrogen) atoms. The SMILES string of the molecule is Cc1nc(-c2ccccc2)n(CC(=O)N2CCC(C(=O)Nc3ccccc3)CC2)n1. The van der Waals surface area contributed by atoms with E-state index in [-0.39, 0.29) is 24.3 Å². The Morgan fingerprint density at radius 3 is 2.30 bits per heavy atom. The van der Waals surface area contributed by atoms with Crippen LogP contribution in [0.25, 0.3) is 11.4 Å². The Kier molecular flexibility index (Phi) is 5.88. The van der Waals surface area contributed by atoms with E-state index in [1.54, 1.807) is 4.68 Å². The zero-order valence-electron chi connectivity index (χ0n) is 17.0. The number of carbonyl (C=O) groups excluding carboxylic acids is 2. The number of aryl methyl sites for hydroxylation is 1. The highest BCUT2D eigenvalue weighted by Crippen LogP contribution is 2.21. The maximum atomic E-state index is 12.9. The number of aromatic nitrogens is 3. The van der Waals surface area contributed by atoms with E-state index < -0.39 is 0 Å². The van der Waals surface area contributed by atoms with Gasteiger partial charge >= 0.3 is 0 Å². The van der Waals surface area contributed by atoms with Gasteiger partial charge in [-0.25, -0.2) is 9.67 Å². The number of benzene rings is 2. The molecule has 1 aromatic heterocycles. The van der Waals surface area contributed by atoms with Gasteiger partial charge in [-0.1, -0.05) is 48.5 Å². The van der Waals surface area contributed by atoms with Crippen LogP contribution in [0, 0.1) is 12.8 Å². The number of hydrogen-bond acceptors (Lipinski definition) is 4. The maximum Gasteiger partial charge on any atom is 0.244 e. The van der Waals surface area contributed by atoms with Crippen molar-refractivity contribution >= 4 is 17.5 Å². The number of anilines is 1. The third kappa shape index (κ3) is 4.56. The molecule has 1 N–H and O–H groups in total. The molecule has 2 heterocycles. The maximum absolute atomic E-state index is 12.9. The molecule has 0 atom stereocenters. The van der Waals surface area contributed by atoms with Gasteiger partial charge in [0, 0.05) is 30.3 Å². The molecule has 1 aliphatic rings. The summed E-state index contributed by atoms with van der Waals surface area (Å²) in [6.07, 6.45) is 1.32. The number of nitrogens with zero attached hydrogens (tertiary/aromatic N) is 4. The molecule has 0 spiro atoms. The van der Waals surface area contributed by atoms with Crippen LogP contribution in [-0.2, 0) is 16.1 Å². The summed E-state index contributed by atoms with van der Waals surface area (Å²) in [5, 5.41) is 7.36. The summed E-state index contributed by atoms with van der Waals surface area (Å²) in [5.74, 6) is 1.27. The van der Waals surface area contributed by atoms with E-state index in [4.69, 9.17) is 0 Å². The van der Waals surface area contributed by atoms with E-state index in [2.05, 4.69) is 15.4 Å². The van der Waals surface area contributed by atoms with E-state index in [1.807, 2.05) is 72.5 Å². The summed E-state index contributed by atoms with van der Waals surface area (Å²) < 4.78 is 1.67. The second kappa shape index (κ2) is 8.90. The van der Waals surface area contributed by atoms with E-state index >= 15 is 0 Å². The van der Waals surface area contributed by atoms with Crippen LogP contribution in [0.4, 0.5) is 5.69 Å². The summed E-state index contributed by atoms with van der Waals surface area (Å²) >= 11 is 0. The minimum atomic E-state index is -0.0808. The first-order chi connectivity index (χ1) is 14.6. The largest absolute Gasteiger partial charge is 0.341 e. The highest BCUT2D eigenvalue weighted by atomic mass is 16.2. The van der Waals surface area contributed by atoms with Gasteiger partial charge in [-0.3, -0.25) is 9.59 Å². The molecule has 1 aliphatic heterocycles. The number of amides is 2. The molecule has 0 saturated carbocycles. The van der Waals surface area contributed by atoms with Crippen molar-refractivity contribution in [3.63, 3.8) is 0 Å². The molecule has 0 bridgehead atoms. The average molecular weight is 403 g/mol. The Morgan fingerprint density at radius 1 is 1.00 bits per heavy atom. The van der Waals surface area contributed by atoms with Gasteiger partial charge in [0.15, 0.2) is 5.82 Å². The van der Waals surface area contributed by atoms with Crippen molar-refractivity contribution in [2.75, 3.05) is 18.4 Å². The molecular formula is C23H25N5O2. The molecule has 154 valence electrons. The van der Waals surface area contributed by atoms with Crippen molar-refractivity contribution in [2.45, 2.75) is 26.3 Å². The number of para-hydroxylation sites is 1. The standard InChI is InChI=1S/C23H25N5O2/c1-17-24-22(18-8-4-2-5-9-18)28(26-17)16-21(29)27-14-12-19(13-15-27)23(30)25-20-10-6-3-7-11-20/h2-11,19H,12-16H2,1H3,(H,25,30). The first-order valence-electron chi connectivity index (χ1n) is 10.2. The van der Waals surface area contributed by atoms with Crippen LogP contribution < -0.4 is 5.32 Å². The van der Waals surface area contributed by atoms with Crippen LogP contribution in [0.2, 0.25) is 0 Å². The normalized spacial score (nSPS) is 14.5. The lowest BCUT2D eigenvalue weighted by atomic mass is 9.95. The lowest BCUT2D eigenvalue weighted by Crippen LogP contribution is -2.42. The minimum absolute atomic E-state index is 0.000927. The molecule has 4 rings (SSSR count). The number of rotatable bonds is 5. The number of nitrogens with one attached hydrogen (secondary N) is 1. The van der Waals surface area contributed by atoms with Gasteiger partial charge in [0.2, 0.25) is 11.8 Å². The first kappa shape index (κ1) is 19.8. The topological polar surface area (TPSA) is 80.1 Å². The summed E-state index contributed by atoms with van der Waals surface area (Å²) in [7, 11) is 0. The minimum Gasteiger partial charge on any atom is -0.341 e. The number of hydrogen-bond donors (Lipinski definition) is 1. The summed E-state index contributed by atoms with van der Waals surface area (Å²) in [6, 6.07) is 19.2. The molecule has 0 radical (unpaired) electrons. The molecule has 7 heteroatoms. The van der Waals surface area contributed by atoms with Crippen LogP contribution >= 0.6 is 0 Å². The van der Waals surface area contributed by atoms with Crippen molar-refractivity contribution in [2.24, 2.45) is 5.92 Å². The number of likely N-dealkylation sites (tertiary alicyclic amines) is 1. The molecule has 2 amide bonds. The molecule has 3 aromatic rings. The molecule has 1 fully saturated rings. The Morgan fingerprint density at radius 2 is 1.63 bits per heavy atom. The van der Waals surface area contributed by atoms with Gasteiger partial charge < -0.3 is 10.2 Å². The predicted molar refractivity (Wildman–Crippen MR) is 115 cm³/mol. The quantitative estimate of drug-likeness (QED) is 0.710.